The molecule has 1 aromatic carbocycles. The molecule has 94 valence electrons. The van der Waals surface area contributed by atoms with Gasteiger partial charge in [0.1, 0.15) is 5.75 Å². The van der Waals surface area contributed by atoms with E-state index < -0.39 is 0 Å². The van der Waals surface area contributed by atoms with Gasteiger partial charge in [0.15, 0.2) is 0 Å². The van der Waals surface area contributed by atoms with Gasteiger partial charge in [0.25, 0.3) is 0 Å². The molecule has 0 atom stereocenters. The fourth-order valence-corrected chi connectivity index (χ4v) is 1.96. The maximum absolute atomic E-state index is 11.1. The van der Waals surface area contributed by atoms with E-state index in [1.54, 1.807) is 0 Å². The monoisotopic (exact) mass is 235 g/mol. The van der Waals surface area contributed by atoms with Gasteiger partial charge in [-0.2, -0.15) is 0 Å². The number of nitrogens with one attached hydrogen (secondary N) is 1. The fourth-order valence-electron chi connectivity index (χ4n) is 1.96. The summed E-state index contributed by atoms with van der Waals surface area (Å²) in [4.78, 5) is 11.1. The Bertz CT molecular complexity index is 372. The van der Waals surface area contributed by atoms with Crippen molar-refractivity contribution in [3.05, 3.63) is 23.3 Å². The SMILES string of the molecule is CCCc1cc(NC(C)=O)cc(CCC)c1O. The van der Waals surface area contributed by atoms with Crippen LogP contribution in [0.25, 0.3) is 0 Å². The second kappa shape index (κ2) is 6.28. The average molecular weight is 235 g/mol. The topological polar surface area (TPSA) is 49.3 Å². The van der Waals surface area contributed by atoms with Crippen LogP contribution in [0.1, 0.15) is 44.7 Å². The highest BCUT2D eigenvalue weighted by Gasteiger charge is 2.09. The highest BCUT2D eigenvalue weighted by molar-refractivity contribution is 5.89. The van der Waals surface area contributed by atoms with Crippen LogP contribution in [0.2, 0.25) is 0 Å². The minimum atomic E-state index is -0.0828. The molecule has 0 saturated heterocycles. The summed E-state index contributed by atoms with van der Waals surface area (Å²) in [5.41, 5.74) is 2.62. The molecule has 0 radical (unpaired) electrons. The van der Waals surface area contributed by atoms with E-state index in [1.165, 1.54) is 6.92 Å². The number of amides is 1. The number of rotatable bonds is 5. The Morgan fingerprint density at radius 2 is 1.65 bits per heavy atom. The van der Waals surface area contributed by atoms with E-state index in [4.69, 9.17) is 0 Å². The summed E-state index contributed by atoms with van der Waals surface area (Å²) < 4.78 is 0. The van der Waals surface area contributed by atoms with Gasteiger partial charge in [-0.15, -0.1) is 0 Å². The highest BCUT2D eigenvalue weighted by atomic mass is 16.3. The molecule has 0 fully saturated rings. The van der Waals surface area contributed by atoms with E-state index in [9.17, 15) is 9.90 Å². The normalized spacial score (nSPS) is 10.3. The van der Waals surface area contributed by atoms with Gasteiger partial charge in [-0.05, 0) is 36.1 Å². The minimum Gasteiger partial charge on any atom is -0.507 e. The Morgan fingerprint density at radius 3 is 2.00 bits per heavy atom. The number of hydrogen-bond donors (Lipinski definition) is 2. The zero-order valence-corrected chi connectivity index (χ0v) is 10.8. The number of carbonyl (C=O) groups excluding carboxylic acids is 1. The number of phenols is 1. The molecule has 0 spiro atoms. The van der Waals surface area contributed by atoms with Gasteiger partial charge in [0.2, 0.25) is 5.91 Å². The van der Waals surface area contributed by atoms with Crippen LogP contribution in [-0.2, 0) is 17.6 Å². The number of benzene rings is 1. The van der Waals surface area contributed by atoms with Crippen LogP contribution in [-0.4, -0.2) is 11.0 Å². The fraction of sp³-hybridized carbons (Fsp3) is 0.500. The van der Waals surface area contributed by atoms with Crippen molar-refractivity contribution in [1.29, 1.82) is 0 Å². The standard InChI is InChI=1S/C14H21NO2/c1-4-6-11-8-13(15-10(3)16)9-12(7-5-2)14(11)17/h8-9,17H,4-7H2,1-3H3,(H,15,16). The second-order valence-electron chi connectivity index (χ2n) is 4.32. The lowest BCUT2D eigenvalue weighted by atomic mass is 10.0. The molecule has 0 aromatic heterocycles. The first-order valence-corrected chi connectivity index (χ1v) is 6.20. The number of aryl methyl sites for hydroxylation is 2. The zero-order valence-electron chi connectivity index (χ0n) is 10.8. The predicted octanol–water partition coefficient (Wildman–Crippen LogP) is 3.26. The van der Waals surface area contributed by atoms with Crippen molar-refractivity contribution in [3.8, 4) is 5.75 Å². The summed E-state index contributed by atoms with van der Waals surface area (Å²) in [5, 5.41) is 12.9. The van der Waals surface area contributed by atoms with Gasteiger partial charge in [-0.25, -0.2) is 0 Å². The molecule has 1 amide bonds. The van der Waals surface area contributed by atoms with Crippen molar-refractivity contribution in [2.75, 3.05) is 5.32 Å². The lowest BCUT2D eigenvalue weighted by Gasteiger charge is -2.12. The molecule has 1 aromatic rings. The summed E-state index contributed by atoms with van der Waals surface area (Å²) in [6.45, 7) is 5.64. The largest absolute Gasteiger partial charge is 0.507 e. The molecule has 0 unspecified atom stereocenters. The van der Waals surface area contributed by atoms with Crippen LogP contribution in [0.4, 0.5) is 5.69 Å². The lowest BCUT2D eigenvalue weighted by molar-refractivity contribution is -0.114. The molecule has 1 rings (SSSR count). The Labute approximate surface area is 103 Å². The summed E-state index contributed by atoms with van der Waals surface area (Å²) in [5.74, 6) is 0.309. The Kier molecular flexibility index (Phi) is 5.01. The van der Waals surface area contributed by atoms with Gasteiger partial charge < -0.3 is 10.4 Å². The van der Waals surface area contributed by atoms with Gasteiger partial charge in [-0.3, -0.25) is 4.79 Å². The van der Waals surface area contributed by atoms with Crippen molar-refractivity contribution in [2.24, 2.45) is 0 Å². The maximum Gasteiger partial charge on any atom is 0.221 e. The molecule has 0 heterocycles. The molecule has 0 bridgehead atoms. The van der Waals surface area contributed by atoms with Crippen molar-refractivity contribution in [2.45, 2.75) is 46.5 Å². The van der Waals surface area contributed by atoms with E-state index in [0.717, 1.165) is 42.5 Å². The molecular formula is C14H21NO2. The average Bonchev–Trinajstić information content (AvgIpc) is 2.24. The van der Waals surface area contributed by atoms with Gasteiger partial charge >= 0.3 is 0 Å². The first kappa shape index (κ1) is 13.6. The molecule has 0 aliphatic heterocycles. The predicted molar refractivity (Wildman–Crippen MR) is 70.4 cm³/mol. The number of carbonyl (C=O) groups is 1. The summed E-state index contributed by atoms with van der Waals surface area (Å²) in [6, 6.07) is 3.72. The van der Waals surface area contributed by atoms with Crippen molar-refractivity contribution in [1.82, 2.24) is 0 Å². The van der Waals surface area contributed by atoms with E-state index in [-0.39, 0.29) is 5.91 Å². The third-order valence-corrected chi connectivity index (χ3v) is 2.63. The number of aromatic hydroxyl groups is 1. The maximum atomic E-state index is 11.1. The smallest absolute Gasteiger partial charge is 0.221 e. The molecule has 17 heavy (non-hydrogen) atoms. The van der Waals surface area contributed by atoms with Crippen LogP contribution in [0.15, 0.2) is 12.1 Å². The Hall–Kier alpha value is -1.51. The molecule has 2 N–H and O–H groups in total. The quantitative estimate of drug-likeness (QED) is 0.770. The van der Waals surface area contributed by atoms with Crippen molar-refractivity contribution < 1.29 is 9.90 Å². The molecule has 3 heteroatoms. The van der Waals surface area contributed by atoms with Crippen LogP contribution in [0.3, 0.4) is 0 Å². The van der Waals surface area contributed by atoms with Crippen LogP contribution >= 0.6 is 0 Å². The Balaban J connectivity index is 3.10. The summed E-state index contributed by atoms with van der Waals surface area (Å²) in [6.07, 6.45) is 3.61. The molecule has 3 nitrogen and oxygen atoms in total. The summed E-state index contributed by atoms with van der Waals surface area (Å²) in [7, 11) is 0. The molecular weight excluding hydrogens is 214 g/mol. The molecule has 0 saturated carbocycles. The number of phenolic OH excluding ortho intramolecular Hbond substituents is 1. The van der Waals surface area contributed by atoms with E-state index in [0.29, 0.717) is 5.75 Å². The zero-order chi connectivity index (χ0) is 12.8. The van der Waals surface area contributed by atoms with E-state index in [1.807, 2.05) is 12.1 Å². The first-order chi connectivity index (χ1) is 8.08. The van der Waals surface area contributed by atoms with Gasteiger partial charge in [0, 0.05) is 12.6 Å². The molecule has 0 aliphatic carbocycles. The minimum absolute atomic E-state index is 0.0828. The van der Waals surface area contributed by atoms with Crippen molar-refractivity contribution in [3.63, 3.8) is 0 Å². The number of hydrogen-bond acceptors (Lipinski definition) is 2. The van der Waals surface area contributed by atoms with Crippen LogP contribution in [0.5, 0.6) is 5.75 Å². The van der Waals surface area contributed by atoms with Gasteiger partial charge in [-0.1, -0.05) is 26.7 Å². The molecule has 0 aliphatic rings. The van der Waals surface area contributed by atoms with Gasteiger partial charge in [0.05, 0.1) is 0 Å². The first-order valence-electron chi connectivity index (χ1n) is 6.20. The van der Waals surface area contributed by atoms with Crippen LogP contribution in [0, 0.1) is 0 Å². The van der Waals surface area contributed by atoms with E-state index in [2.05, 4.69) is 19.2 Å². The lowest BCUT2D eigenvalue weighted by Crippen LogP contribution is -2.07. The highest BCUT2D eigenvalue weighted by Crippen LogP contribution is 2.29. The third kappa shape index (κ3) is 3.77. The number of anilines is 1. The summed E-state index contributed by atoms with van der Waals surface area (Å²) >= 11 is 0. The Morgan fingerprint density at radius 1 is 1.18 bits per heavy atom. The second-order valence-corrected chi connectivity index (χ2v) is 4.32. The van der Waals surface area contributed by atoms with E-state index >= 15 is 0 Å². The van der Waals surface area contributed by atoms with Crippen LogP contribution < -0.4 is 5.32 Å². The van der Waals surface area contributed by atoms with Crippen molar-refractivity contribution >= 4 is 11.6 Å². The third-order valence-electron chi connectivity index (χ3n) is 2.63.